The van der Waals surface area contributed by atoms with E-state index in [1.165, 1.54) is 22.8 Å². The number of nitrogens with zero attached hydrogens (tertiary/aromatic N) is 4. The van der Waals surface area contributed by atoms with Crippen LogP contribution >= 0.6 is 11.3 Å². The number of fused-ring (bicyclic) bond motifs is 3. The molecule has 0 radical (unpaired) electrons. The number of likely N-dealkylation sites (N-methyl/N-ethyl adjacent to an activating group) is 1. The second kappa shape index (κ2) is 11.0. The molecule has 0 fully saturated rings. The number of carbonyl (C=O) groups excluding carboxylic acids is 1. The largest absolute Gasteiger partial charge is 0.496 e. The number of nitro groups is 1. The molecule has 4 aromatic rings. The summed E-state index contributed by atoms with van der Waals surface area (Å²) in [6.07, 6.45) is 1.46. The van der Waals surface area contributed by atoms with E-state index in [2.05, 4.69) is 0 Å². The molecular weight excluding hydrogens is 572 g/mol. The van der Waals surface area contributed by atoms with Gasteiger partial charge in [0, 0.05) is 18.7 Å². The van der Waals surface area contributed by atoms with Crippen LogP contribution in [-0.4, -0.2) is 47.3 Å². The third-order valence-corrected chi connectivity index (χ3v) is 8.71. The zero-order valence-corrected chi connectivity index (χ0v) is 24.8. The molecule has 6 rings (SSSR count). The molecule has 3 aromatic carbocycles. The van der Waals surface area contributed by atoms with Gasteiger partial charge in [0.25, 0.3) is 17.2 Å². The van der Waals surface area contributed by atoms with Gasteiger partial charge in [0.05, 0.1) is 39.5 Å². The zero-order chi connectivity index (χ0) is 30.4. The number of carbonyl (C=O) groups is 1. The molecule has 1 amide bonds. The summed E-state index contributed by atoms with van der Waals surface area (Å²) in [5.74, 6) is 0.908. The van der Waals surface area contributed by atoms with Gasteiger partial charge in [-0.2, -0.15) is 0 Å². The van der Waals surface area contributed by atoms with Crippen LogP contribution in [-0.2, 0) is 4.79 Å². The van der Waals surface area contributed by atoms with Gasteiger partial charge in [0.2, 0.25) is 6.79 Å². The van der Waals surface area contributed by atoms with Crippen molar-refractivity contribution >= 4 is 39.8 Å². The Hall–Kier alpha value is -4.97. The van der Waals surface area contributed by atoms with Gasteiger partial charge in [-0.25, -0.2) is 4.99 Å². The van der Waals surface area contributed by atoms with Crippen molar-refractivity contribution in [3.8, 4) is 17.2 Å². The summed E-state index contributed by atoms with van der Waals surface area (Å²) in [6, 6.07) is 13.4. The van der Waals surface area contributed by atoms with E-state index in [1.807, 2.05) is 50.2 Å². The van der Waals surface area contributed by atoms with Crippen molar-refractivity contribution in [2.45, 2.75) is 26.8 Å². The van der Waals surface area contributed by atoms with Crippen LogP contribution in [0.3, 0.4) is 0 Å². The lowest BCUT2D eigenvalue weighted by Gasteiger charge is -2.30. The maximum absolute atomic E-state index is 14.3. The van der Waals surface area contributed by atoms with Crippen LogP contribution in [0.4, 0.5) is 5.69 Å². The summed E-state index contributed by atoms with van der Waals surface area (Å²) >= 11 is 1.10. The van der Waals surface area contributed by atoms with Gasteiger partial charge in [-0.1, -0.05) is 41.7 Å². The number of amides is 1. The third kappa shape index (κ3) is 4.63. The molecule has 11 nitrogen and oxygen atoms in total. The predicted molar refractivity (Wildman–Crippen MR) is 161 cm³/mol. The number of thiazole rings is 1. The van der Waals surface area contributed by atoms with E-state index in [9.17, 15) is 19.7 Å². The van der Waals surface area contributed by atoms with Crippen molar-refractivity contribution in [3.63, 3.8) is 0 Å². The van der Waals surface area contributed by atoms with Crippen LogP contribution in [0.25, 0.3) is 16.8 Å². The van der Waals surface area contributed by atoms with Crippen molar-refractivity contribution in [2.75, 3.05) is 27.0 Å². The number of ether oxygens (including phenoxy) is 3. The van der Waals surface area contributed by atoms with Gasteiger partial charge in [0.1, 0.15) is 11.8 Å². The van der Waals surface area contributed by atoms with Gasteiger partial charge in [-0.05, 0) is 49.8 Å². The lowest BCUT2D eigenvalue weighted by atomic mass is 9.90. The van der Waals surface area contributed by atoms with Crippen LogP contribution in [0, 0.1) is 10.1 Å². The first-order valence-electron chi connectivity index (χ1n) is 13.7. The number of benzene rings is 3. The predicted octanol–water partition coefficient (Wildman–Crippen LogP) is 3.90. The second-order valence-corrected chi connectivity index (χ2v) is 11.0. The molecule has 0 saturated heterocycles. The maximum atomic E-state index is 14.3. The van der Waals surface area contributed by atoms with Gasteiger partial charge < -0.3 is 19.1 Å². The molecule has 1 atom stereocenters. The number of nitro benzene ring substituents is 1. The highest BCUT2D eigenvalue weighted by molar-refractivity contribution is 7.07. The Morgan fingerprint density at radius 1 is 1.19 bits per heavy atom. The molecule has 220 valence electrons. The Bertz CT molecular complexity index is 2020. The number of hydrogen-bond acceptors (Lipinski definition) is 9. The summed E-state index contributed by atoms with van der Waals surface area (Å²) < 4.78 is 18.3. The molecule has 2 aliphatic rings. The minimum Gasteiger partial charge on any atom is -0.496 e. The van der Waals surface area contributed by atoms with E-state index >= 15 is 0 Å². The van der Waals surface area contributed by atoms with E-state index in [1.54, 1.807) is 18.9 Å². The fourth-order valence-electron chi connectivity index (χ4n) is 5.65. The third-order valence-electron chi connectivity index (χ3n) is 7.73. The van der Waals surface area contributed by atoms with E-state index in [4.69, 9.17) is 19.2 Å². The normalized spacial score (nSPS) is 15.8. The molecule has 2 aliphatic heterocycles. The Labute approximate surface area is 249 Å². The minimum atomic E-state index is -0.862. The first kappa shape index (κ1) is 28.2. The van der Waals surface area contributed by atoms with Crippen LogP contribution in [0.1, 0.15) is 37.9 Å². The second-order valence-electron chi connectivity index (χ2n) is 9.98. The van der Waals surface area contributed by atoms with Gasteiger partial charge in [-0.15, -0.1) is 0 Å². The monoisotopic (exact) mass is 600 g/mol. The zero-order valence-electron chi connectivity index (χ0n) is 23.9. The molecule has 0 spiro atoms. The Balaban J connectivity index is 1.66. The summed E-state index contributed by atoms with van der Waals surface area (Å²) in [4.78, 5) is 46.6. The fourth-order valence-corrected chi connectivity index (χ4v) is 6.68. The van der Waals surface area contributed by atoms with Crippen LogP contribution < -0.4 is 29.1 Å². The minimum absolute atomic E-state index is 0.0480. The van der Waals surface area contributed by atoms with Crippen molar-refractivity contribution in [3.05, 3.63) is 101 Å². The quantitative estimate of drug-likeness (QED) is 0.233. The Morgan fingerprint density at radius 3 is 2.60 bits per heavy atom. The summed E-state index contributed by atoms with van der Waals surface area (Å²) in [7, 11) is 1.55. The Kier molecular flexibility index (Phi) is 7.22. The lowest BCUT2D eigenvalue weighted by Crippen LogP contribution is -2.43. The van der Waals surface area contributed by atoms with Crippen molar-refractivity contribution in [1.82, 2.24) is 9.47 Å². The van der Waals surface area contributed by atoms with E-state index in [0.717, 1.165) is 22.1 Å². The van der Waals surface area contributed by atoms with Crippen LogP contribution in [0.15, 0.2) is 69.6 Å². The van der Waals surface area contributed by atoms with Gasteiger partial charge in [-0.3, -0.25) is 24.3 Å². The highest BCUT2D eigenvalue weighted by Gasteiger charge is 2.37. The van der Waals surface area contributed by atoms with E-state index in [0.29, 0.717) is 46.2 Å². The molecule has 12 heteroatoms. The molecule has 43 heavy (non-hydrogen) atoms. The molecule has 3 heterocycles. The first-order valence-corrected chi connectivity index (χ1v) is 14.5. The number of allylic oxidation sites excluding steroid dienone is 1. The molecule has 0 aliphatic carbocycles. The van der Waals surface area contributed by atoms with Gasteiger partial charge in [0.15, 0.2) is 16.3 Å². The molecule has 0 saturated carbocycles. The van der Waals surface area contributed by atoms with Gasteiger partial charge >= 0.3 is 0 Å². The maximum Gasteiger partial charge on any atom is 0.280 e. The lowest BCUT2D eigenvalue weighted by molar-refractivity contribution is -0.385. The summed E-state index contributed by atoms with van der Waals surface area (Å²) in [5, 5.41) is 13.7. The number of methoxy groups -OCH3 is 1. The number of rotatable bonds is 7. The highest BCUT2D eigenvalue weighted by Crippen LogP contribution is 2.41. The standard InChI is InChI=1S/C31H28N4O7S/c1-5-33(6-2)30(37)26-17(3)32-31-34(28(26)27-20-10-8-7-9-18(20)11-12-22(27)40-4)29(36)25(43-31)14-19-13-23-24(42-16-41-23)15-21(19)35(38)39/h7-15,28H,5-6,16H2,1-4H3/b25-14+/t28-/m1/s1. The van der Waals surface area contributed by atoms with Crippen LogP contribution in [0.2, 0.25) is 0 Å². The number of hydrogen-bond donors (Lipinski definition) is 0. The topological polar surface area (TPSA) is 126 Å². The fraction of sp³-hybridized carbons (Fsp3) is 0.258. The molecule has 0 unspecified atom stereocenters. The molecule has 1 aromatic heterocycles. The van der Waals surface area contributed by atoms with E-state index in [-0.39, 0.29) is 34.2 Å². The summed E-state index contributed by atoms with van der Waals surface area (Å²) in [5.41, 5.74) is 1.04. The van der Waals surface area contributed by atoms with E-state index < -0.39 is 16.5 Å². The Morgan fingerprint density at radius 2 is 1.91 bits per heavy atom. The van der Waals surface area contributed by atoms with Crippen molar-refractivity contribution < 1.29 is 23.9 Å². The first-order chi connectivity index (χ1) is 20.8. The SMILES string of the molecule is CCN(CC)C(=O)C1=C(C)N=c2s/c(=C/c3cc4c(cc3[N+](=O)[O-])OCO4)c(=O)n2[C@H]1c1c(OC)ccc2ccccc12. The average Bonchev–Trinajstić information content (AvgIpc) is 3.59. The molecule has 0 N–H and O–H groups in total. The highest BCUT2D eigenvalue weighted by atomic mass is 32.1. The van der Waals surface area contributed by atoms with Crippen molar-refractivity contribution in [2.24, 2.45) is 4.99 Å². The van der Waals surface area contributed by atoms with Crippen molar-refractivity contribution in [1.29, 1.82) is 0 Å². The smallest absolute Gasteiger partial charge is 0.280 e. The van der Waals surface area contributed by atoms with Crippen LogP contribution in [0.5, 0.6) is 17.2 Å². The average molecular weight is 601 g/mol. The molecule has 0 bridgehead atoms. The molecular formula is C31H28N4O7S. The summed E-state index contributed by atoms with van der Waals surface area (Å²) in [6.45, 7) is 6.47. The number of aromatic nitrogens is 1.